The van der Waals surface area contributed by atoms with Crippen molar-refractivity contribution in [2.75, 3.05) is 6.61 Å². The summed E-state index contributed by atoms with van der Waals surface area (Å²) >= 11 is 0. The van der Waals surface area contributed by atoms with Gasteiger partial charge in [-0.3, -0.25) is 10.1 Å². The Balaban J connectivity index is 1.67. The summed E-state index contributed by atoms with van der Waals surface area (Å²) in [6.07, 6.45) is 4.83. The number of aromatic nitrogens is 6. The van der Waals surface area contributed by atoms with Crippen LogP contribution in [-0.2, 0) is 6.54 Å². The molecule has 1 aliphatic heterocycles. The fraction of sp³-hybridized carbons (Fsp3) is 0.300. The highest BCUT2D eigenvalue weighted by molar-refractivity contribution is 5.98. The number of fused-ring (bicyclic) bond motifs is 2. The second kappa shape index (κ2) is 5.59. The van der Waals surface area contributed by atoms with Crippen LogP contribution in [0.1, 0.15) is 18.5 Å². The summed E-state index contributed by atoms with van der Waals surface area (Å²) in [7, 11) is 0. The van der Waals surface area contributed by atoms with E-state index >= 15 is 4.39 Å². The third kappa shape index (κ3) is 2.39. The Morgan fingerprint density at radius 1 is 1.17 bits per heavy atom. The van der Waals surface area contributed by atoms with Gasteiger partial charge in [-0.25, -0.2) is 18.4 Å². The number of hydrogen-bond acceptors (Lipinski definition) is 5. The lowest BCUT2D eigenvalue weighted by Gasteiger charge is -2.24. The van der Waals surface area contributed by atoms with Crippen molar-refractivity contribution < 1.29 is 13.5 Å². The summed E-state index contributed by atoms with van der Waals surface area (Å²) in [6, 6.07) is 2.86. The van der Waals surface area contributed by atoms with Crippen molar-refractivity contribution in [3.8, 4) is 28.4 Å². The van der Waals surface area contributed by atoms with Gasteiger partial charge in [-0.15, -0.1) is 0 Å². The number of aryl methyl sites for hydroxylation is 1. The maximum atomic E-state index is 15.4. The first kappa shape index (κ1) is 16.6. The van der Waals surface area contributed by atoms with Gasteiger partial charge in [0.2, 0.25) is 5.88 Å². The predicted molar refractivity (Wildman–Crippen MR) is 100 cm³/mol. The van der Waals surface area contributed by atoms with Gasteiger partial charge in [0.1, 0.15) is 11.5 Å². The molecule has 6 rings (SSSR count). The molecule has 5 heterocycles. The predicted octanol–water partition coefficient (Wildman–Crippen LogP) is 3.64. The van der Waals surface area contributed by atoms with E-state index in [1.807, 2.05) is 0 Å². The Labute approximate surface area is 163 Å². The first-order chi connectivity index (χ1) is 14.0. The minimum atomic E-state index is -0.464. The van der Waals surface area contributed by atoms with Crippen molar-refractivity contribution >= 4 is 11.0 Å². The fourth-order valence-corrected chi connectivity index (χ4v) is 3.99. The number of ether oxygens (including phenoxy) is 1. The zero-order valence-electron chi connectivity index (χ0n) is 15.5. The normalized spacial score (nSPS) is 16.8. The molecule has 0 radical (unpaired) electrons. The third-order valence-corrected chi connectivity index (χ3v) is 5.79. The molecule has 0 aromatic carbocycles. The Hall–Kier alpha value is -3.36. The number of nitrogens with one attached hydrogen (secondary N) is 1. The lowest BCUT2D eigenvalue weighted by molar-refractivity contribution is 0.149. The van der Waals surface area contributed by atoms with E-state index in [0.29, 0.717) is 52.6 Å². The second-order valence-electron chi connectivity index (χ2n) is 7.86. The average molecular weight is 394 g/mol. The maximum absolute atomic E-state index is 15.4. The van der Waals surface area contributed by atoms with Gasteiger partial charge in [0.25, 0.3) is 0 Å². The van der Waals surface area contributed by atoms with Gasteiger partial charge in [-0.2, -0.15) is 10.2 Å². The molecule has 0 bridgehead atoms. The summed E-state index contributed by atoms with van der Waals surface area (Å²) in [5.74, 6) is -0.417. The number of H-pyrrole nitrogens is 1. The molecule has 1 aliphatic carbocycles. The van der Waals surface area contributed by atoms with E-state index in [2.05, 4.69) is 20.2 Å². The van der Waals surface area contributed by atoms with Gasteiger partial charge in [0, 0.05) is 16.4 Å². The number of halogens is 2. The van der Waals surface area contributed by atoms with E-state index in [1.54, 1.807) is 17.7 Å². The Bertz CT molecular complexity index is 1270. The molecule has 146 valence electrons. The number of hydrogen-bond donors (Lipinski definition) is 1. The number of aromatic amines is 1. The Morgan fingerprint density at radius 3 is 2.79 bits per heavy atom. The summed E-state index contributed by atoms with van der Waals surface area (Å²) in [4.78, 5) is 8.42. The van der Waals surface area contributed by atoms with Crippen molar-refractivity contribution in [2.24, 2.45) is 5.41 Å². The first-order valence-corrected chi connectivity index (χ1v) is 9.40. The standard InChI is InChI=1S/C20H16F2N6O/c1-10-16(22)14(12-7-24-26-18(12)25-10)15-17(13-3-2-11(21)6-23-13)27-28-8-20(4-5-20)9-29-19(15)28/h2-3,6-7H,4-5,8-9H2,1H3,(H,24,25,26). The monoisotopic (exact) mass is 394 g/mol. The molecule has 0 unspecified atom stereocenters. The Morgan fingerprint density at radius 2 is 2.03 bits per heavy atom. The maximum Gasteiger partial charge on any atom is 0.220 e. The average Bonchev–Trinajstić information content (AvgIpc) is 3.13. The van der Waals surface area contributed by atoms with Gasteiger partial charge in [0.05, 0.1) is 42.5 Å². The molecule has 1 spiro atoms. The first-order valence-electron chi connectivity index (χ1n) is 9.40. The molecular weight excluding hydrogens is 378 g/mol. The van der Waals surface area contributed by atoms with E-state index < -0.39 is 11.6 Å². The summed E-state index contributed by atoms with van der Waals surface area (Å²) in [5, 5.41) is 12.1. The molecule has 2 aliphatic rings. The number of rotatable bonds is 2. The lowest BCUT2D eigenvalue weighted by Crippen LogP contribution is -2.27. The minimum Gasteiger partial charge on any atom is -0.477 e. The van der Waals surface area contributed by atoms with E-state index in [0.717, 1.165) is 19.0 Å². The zero-order chi connectivity index (χ0) is 19.8. The van der Waals surface area contributed by atoms with Crippen molar-refractivity contribution in [1.82, 2.24) is 29.9 Å². The summed E-state index contributed by atoms with van der Waals surface area (Å²) < 4.78 is 36.7. The van der Waals surface area contributed by atoms with Gasteiger partial charge < -0.3 is 4.74 Å². The molecule has 1 saturated carbocycles. The van der Waals surface area contributed by atoms with Gasteiger partial charge in [-0.05, 0) is 31.9 Å². The molecule has 4 aromatic heterocycles. The smallest absolute Gasteiger partial charge is 0.220 e. The second-order valence-corrected chi connectivity index (χ2v) is 7.86. The number of pyridine rings is 2. The van der Waals surface area contributed by atoms with Gasteiger partial charge >= 0.3 is 0 Å². The SMILES string of the molecule is Cc1nc2[nH]ncc2c(-c2c(-c3ccc(F)cn3)nn3c2OCC2(CC2)C3)c1F. The van der Waals surface area contributed by atoms with Crippen molar-refractivity contribution in [3.63, 3.8) is 0 Å². The van der Waals surface area contributed by atoms with Gasteiger partial charge in [0.15, 0.2) is 11.5 Å². The largest absolute Gasteiger partial charge is 0.477 e. The van der Waals surface area contributed by atoms with Crippen LogP contribution in [0.15, 0.2) is 24.5 Å². The highest BCUT2D eigenvalue weighted by Crippen LogP contribution is 2.53. The van der Waals surface area contributed by atoms with Crippen LogP contribution in [0.5, 0.6) is 5.88 Å². The molecule has 29 heavy (non-hydrogen) atoms. The molecule has 0 atom stereocenters. The van der Waals surface area contributed by atoms with Crippen molar-refractivity contribution in [2.45, 2.75) is 26.3 Å². The fourth-order valence-electron chi connectivity index (χ4n) is 3.99. The van der Waals surface area contributed by atoms with E-state index in [1.165, 1.54) is 12.3 Å². The van der Waals surface area contributed by atoms with Crippen molar-refractivity contribution in [3.05, 3.63) is 41.9 Å². The highest BCUT2D eigenvalue weighted by atomic mass is 19.1. The molecule has 4 aromatic rings. The minimum absolute atomic E-state index is 0.113. The quantitative estimate of drug-likeness (QED) is 0.561. The van der Waals surface area contributed by atoms with Crippen LogP contribution in [0, 0.1) is 24.0 Å². The lowest BCUT2D eigenvalue weighted by atomic mass is 9.99. The van der Waals surface area contributed by atoms with Crippen LogP contribution < -0.4 is 4.74 Å². The summed E-state index contributed by atoms with van der Waals surface area (Å²) in [6.45, 7) is 2.88. The third-order valence-electron chi connectivity index (χ3n) is 5.79. The molecular formula is C20H16F2N6O. The van der Waals surface area contributed by atoms with Crippen LogP contribution in [-0.4, -0.2) is 36.6 Å². The molecule has 1 N–H and O–H groups in total. The Kier molecular flexibility index (Phi) is 3.20. The summed E-state index contributed by atoms with van der Waals surface area (Å²) in [5.41, 5.74) is 2.54. The molecule has 0 amide bonds. The van der Waals surface area contributed by atoms with E-state index in [4.69, 9.17) is 9.84 Å². The zero-order valence-corrected chi connectivity index (χ0v) is 15.5. The molecule has 1 fully saturated rings. The van der Waals surface area contributed by atoms with E-state index in [9.17, 15) is 4.39 Å². The van der Waals surface area contributed by atoms with Crippen LogP contribution >= 0.6 is 0 Å². The van der Waals surface area contributed by atoms with Crippen LogP contribution in [0.2, 0.25) is 0 Å². The van der Waals surface area contributed by atoms with Crippen LogP contribution in [0.4, 0.5) is 8.78 Å². The number of nitrogens with zero attached hydrogens (tertiary/aromatic N) is 5. The topological polar surface area (TPSA) is 81.5 Å². The molecule has 0 saturated heterocycles. The molecule has 7 nitrogen and oxygen atoms in total. The van der Waals surface area contributed by atoms with Crippen molar-refractivity contribution in [1.29, 1.82) is 0 Å². The van der Waals surface area contributed by atoms with Crippen LogP contribution in [0.3, 0.4) is 0 Å². The van der Waals surface area contributed by atoms with E-state index in [-0.39, 0.29) is 11.1 Å². The van der Waals surface area contributed by atoms with Gasteiger partial charge in [-0.1, -0.05) is 0 Å². The van der Waals surface area contributed by atoms with Crippen LogP contribution in [0.25, 0.3) is 33.5 Å². The highest BCUT2D eigenvalue weighted by Gasteiger charge is 2.48. The molecule has 9 heteroatoms.